The van der Waals surface area contributed by atoms with Crippen LogP contribution in [-0.4, -0.2) is 17.1 Å². The summed E-state index contributed by atoms with van der Waals surface area (Å²) in [7, 11) is 0. The summed E-state index contributed by atoms with van der Waals surface area (Å²) in [6, 6.07) is 1.92. The molecular formula is C14H21NO3. The molecule has 1 saturated carbocycles. The van der Waals surface area contributed by atoms with Gasteiger partial charge in [0.15, 0.2) is 0 Å². The Morgan fingerprint density at radius 3 is 2.89 bits per heavy atom. The van der Waals surface area contributed by atoms with Crippen molar-refractivity contribution >= 4 is 5.97 Å². The van der Waals surface area contributed by atoms with E-state index < -0.39 is 5.97 Å². The number of hydrogen-bond donors (Lipinski definition) is 2. The average Bonchev–Trinajstić information content (AvgIpc) is 2.85. The number of carbonyl (C=O) groups is 1. The smallest absolute Gasteiger partial charge is 0.339 e. The van der Waals surface area contributed by atoms with Gasteiger partial charge in [-0.2, -0.15) is 0 Å². The van der Waals surface area contributed by atoms with Gasteiger partial charge in [0.05, 0.1) is 12.8 Å². The van der Waals surface area contributed by atoms with Crippen molar-refractivity contribution < 1.29 is 14.3 Å². The molecule has 1 aromatic rings. The summed E-state index contributed by atoms with van der Waals surface area (Å²) >= 11 is 0. The lowest BCUT2D eigenvalue weighted by atomic mass is 9.84. The Kier molecular flexibility index (Phi) is 4.42. The van der Waals surface area contributed by atoms with Crippen molar-refractivity contribution in [1.82, 2.24) is 5.32 Å². The number of nitrogens with one attached hydrogen (secondary N) is 1. The molecule has 0 spiro atoms. The largest absolute Gasteiger partial charge is 0.478 e. The predicted octanol–water partition coefficient (Wildman–Crippen LogP) is 3.04. The Balaban J connectivity index is 1.86. The Labute approximate surface area is 107 Å². The van der Waals surface area contributed by atoms with Crippen LogP contribution in [0.4, 0.5) is 0 Å². The van der Waals surface area contributed by atoms with Crippen molar-refractivity contribution in [2.45, 2.75) is 51.6 Å². The van der Waals surface area contributed by atoms with Crippen molar-refractivity contribution in [3.63, 3.8) is 0 Å². The molecule has 0 saturated heterocycles. The van der Waals surface area contributed by atoms with Crippen LogP contribution in [0.1, 0.15) is 55.1 Å². The van der Waals surface area contributed by atoms with Gasteiger partial charge < -0.3 is 14.8 Å². The molecule has 0 radical (unpaired) electrons. The van der Waals surface area contributed by atoms with Gasteiger partial charge in [-0.25, -0.2) is 4.79 Å². The van der Waals surface area contributed by atoms with Gasteiger partial charge in [-0.15, -0.1) is 0 Å². The molecule has 0 aliphatic heterocycles. The first-order valence-electron chi connectivity index (χ1n) is 6.71. The van der Waals surface area contributed by atoms with Gasteiger partial charge in [-0.1, -0.05) is 19.3 Å². The summed E-state index contributed by atoms with van der Waals surface area (Å²) < 4.78 is 5.22. The third-order valence-electron chi connectivity index (χ3n) is 3.92. The molecule has 18 heavy (non-hydrogen) atoms. The fourth-order valence-corrected chi connectivity index (χ4v) is 2.72. The molecule has 4 heteroatoms. The quantitative estimate of drug-likeness (QED) is 0.844. The molecule has 100 valence electrons. The zero-order valence-corrected chi connectivity index (χ0v) is 10.8. The highest BCUT2D eigenvalue weighted by atomic mass is 16.4. The minimum absolute atomic E-state index is 0.262. The molecule has 1 fully saturated rings. The SMILES string of the molecule is C[C@H](NCc1occc1C(=O)O)C1CCCCC1. The van der Waals surface area contributed by atoms with Crippen LogP contribution in [0, 0.1) is 5.92 Å². The molecule has 1 atom stereocenters. The Morgan fingerprint density at radius 1 is 1.50 bits per heavy atom. The lowest BCUT2D eigenvalue weighted by Crippen LogP contribution is -2.34. The van der Waals surface area contributed by atoms with E-state index in [2.05, 4.69) is 12.2 Å². The zero-order chi connectivity index (χ0) is 13.0. The fraction of sp³-hybridized carbons (Fsp3) is 0.643. The van der Waals surface area contributed by atoms with Gasteiger partial charge in [0.1, 0.15) is 11.3 Å². The Hall–Kier alpha value is -1.29. The van der Waals surface area contributed by atoms with Gasteiger partial charge >= 0.3 is 5.97 Å². The fourth-order valence-electron chi connectivity index (χ4n) is 2.72. The van der Waals surface area contributed by atoms with Gasteiger partial charge in [-0.3, -0.25) is 0 Å². The summed E-state index contributed by atoms with van der Waals surface area (Å²) in [4.78, 5) is 10.9. The second kappa shape index (κ2) is 6.05. The van der Waals surface area contributed by atoms with E-state index in [9.17, 15) is 4.79 Å². The topological polar surface area (TPSA) is 62.5 Å². The molecule has 0 amide bonds. The van der Waals surface area contributed by atoms with Crippen LogP contribution in [0.15, 0.2) is 16.7 Å². The normalized spacial score (nSPS) is 18.7. The molecule has 1 aromatic heterocycles. The summed E-state index contributed by atoms with van der Waals surface area (Å²) in [5.74, 6) is 0.304. The maximum absolute atomic E-state index is 10.9. The van der Waals surface area contributed by atoms with Crippen LogP contribution in [0.3, 0.4) is 0 Å². The Morgan fingerprint density at radius 2 is 2.22 bits per heavy atom. The lowest BCUT2D eigenvalue weighted by Gasteiger charge is -2.28. The van der Waals surface area contributed by atoms with Crippen LogP contribution in [-0.2, 0) is 6.54 Å². The van der Waals surface area contributed by atoms with Crippen LogP contribution >= 0.6 is 0 Å². The number of carboxylic acid groups (broad SMARTS) is 1. The van der Waals surface area contributed by atoms with Crippen molar-refractivity contribution in [3.8, 4) is 0 Å². The number of furan rings is 1. The van der Waals surface area contributed by atoms with Crippen molar-refractivity contribution in [1.29, 1.82) is 0 Å². The van der Waals surface area contributed by atoms with Crippen molar-refractivity contribution in [2.24, 2.45) is 5.92 Å². The average molecular weight is 251 g/mol. The monoisotopic (exact) mass is 251 g/mol. The first-order chi connectivity index (χ1) is 8.68. The summed E-state index contributed by atoms with van der Waals surface area (Å²) in [6.45, 7) is 2.67. The molecule has 2 N–H and O–H groups in total. The van der Waals surface area contributed by atoms with Crippen LogP contribution in [0.5, 0.6) is 0 Å². The molecule has 1 aliphatic carbocycles. The van der Waals surface area contributed by atoms with Gasteiger partial charge in [0.25, 0.3) is 0 Å². The minimum Gasteiger partial charge on any atom is -0.478 e. The lowest BCUT2D eigenvalue weighted by molar-refractivity contribution is 0.0694. The third kappa shape index (κ3) is 3.13. The van der Waals surface area contributed by atoms with Crippen molar-refractivity contribution in [3.05, 3.63) is 23.7 Å². The second-order valence-electron chi connectivity index (χ2n) is 5.13. The molecule has 4 nitrogen and oxygen atoms in total. The maximum Gasteiger partial charge on any atom is 0.339 e. The standard InChI is InChI=1S/C14H21NO3/c1-10(11-5-3-2-4-6-11)15-9-13-12(14(16)17)7-8-18-13/h7-8,10-11,15H,2-6,9H2,1H3,(H,16,17)/t10-/m0/s1. The highest BCUT2D eigenvalue weighted by molar-refractivity contribution is 5.88. The van der Waals surface area contributed by atoms with Crippen LogP contribution in [0.25, 0.3) is 0 Å². The molecule has 0 bridgehead atoms. The highest BCUT2D eigenvalue weighted by Crippen LogP contribution is 2.26. The molecule has 1 heterocycles. The first kappa shape index (κ1) is 13.1. The van der Waals surface area contributed by atoms with E-state index in [-0.39, 0.29) is 5.56 Å². The Bertz CT molecular complexity index is 393. The number of hydrogen-bond acceptors (Lipinski definition) is 3. The van der Waals surface area contributed by atoms with Crippen LogP contribution in [0.2, 0.25) is 0 Å². The predicted molar refractivity (Wildman–Crippen MR) is 68.5 cm³/mol. The van der Waals surface area contributed by atoms with Crippen LogP contribution < -0.4 is 5.32 Å². The molecule has 1 aliphatic rings. The first-order valence-corrected chi connectivity index (χ1v) is 6.71. The second-order valence-corrected chi connectivity index (χ2v) is 5.13. The van der Waals surface area contributed by atoms with E-state index in [4.69, 9.17) is 9.52 Å². The number of rotatable bonds is 5. The number of carboxylic acids is 1. The minimum atomic E-state index is -0.925. The summed E-state index contributed by atoms with van der Waals surface area (Å²) in [5, 5.41) is 12.4. The van der Waals surface area contributed by atoms with E-state index in [1.54, 1.807) is 0 Å². The van der Waals surface area contributed by atoms with Gasteiger partial charge in [0.2, 0.25) is 0 Å². The molecular weight excluding hydrogens is 230 g/mol. The van der Waals surface area contributed by atoms with Gasteiger partial charge in [0, 0.05) is 6.04 Å². The summed E-state index contributed by atoms with van der Waals surface area (Å²) in [6.07, 6.45) is 7.97. The van der Waals surface area contributed by atoms with E-state index in [0.717, 1.165) is 0 Å². The van der Waals surface area contributed by atoms with E-state index in [1.165, 1.54) is 44.4 Å². The molecule has 0 aromatic carbocycles. The third-order valence-corrected chi connectivity index (χ3v) is 3.92. The van der Waals surface area contributed by atoms with E-state index in [1.807, 2.05) is 0 Å². The van der Waals surface area contributed by atoms with E-state index in [0.29, 0.717) is 24.3 Å². The molecule has 0 unspecified atom stereocenters. The zero-order valence-electron chi connectivity index (χ0n) is 10.8. The number of aromatic carboxylic acids is 1. The summed E-state index contributed by atoms with van der Waals surface area (Å²) in [5.41, 5.74) is 0.262. The maximum atomic E-state index is 10.9. The molecule has 2 rings (SSSR count). The van der Waals surface area contributed by atoms with Gasteiger partial charge in [-0.05, 0) is 31.7 Å². The highest BCUT2D eigenvalue weighted by Gasteiger charge is 2.21. The van der Waals surface area contributed by atoms with Crippen molar-refractivity contribution in [2.75, 3.05) is 0 Å². The van der Waals surface area contributed by atoms with E-state index >= 15 is 0 Å².